The molecule has 1 aromatic carbocycles. The molecule has 2 heterocycles. The molecule has 2 unspecified atom stereocenters. The monoisotopic (exact) mass is 520 g/mol. The fourth-order valence-electron chi connectivity index (χ4n) is 5.66. The van der Waals surface area contributed by atoms with Crippen molar-refractivity contribution in [2.75, 3.05) is 13.1 Å². The summed E-state index contributed by atoms with van der Waals surface area (Å²) in [6.45, 7) is 7.45. The van der Waals surface area contributed by atoms with Crippen LogP contribution in [-0.2, 0) is 19.6 Å². The van der Waals surface area contributed by atoms with Crippen LogP contribution in [0.2, 0.25) is 0 Å². The third kappa shape index (κ3) is 5.75. The van der Waals surface area contributed by atoms with Gasteiger partial charge in [0.05, 0.1) is 11.3 Å². The summed E-state index contributed by atoms with van der Waals surface area (Å²) in [4.78, 5) is 28.1. The molecule has 198 valence electrons. The normalized spacial score (nSPS) is 29.0. The molecule has 2 fully saturated rings. The number of benzene rings is 1. The zero-order chi connectivity index (χ0) is 26.1. The van der Waals surface area contributed by atoms with Gasteiger partial charge in [0.15, 0.2) is 0 Å². The fraction of sp³-hybridized carbons (Fsp3) is 0.615. The molecule has 0 spiro atoms. The minimum absolute atomic E-state index is 0.0607. The second kappa shape index (κ2) is 10.5. The summed E-state index contributed by atoms with van der Waals surface area (Å²) >= 11 is 0. The van der Waals surface area contributed by atoms with Crippen LogP contribution in [0.25, 0.3) is 0 Å². The third-order valence-electron chi connectivity index (χ3n) is 7.77. The summed E-state index contributed by atoms with van der Waals surface area (Å²) in [5, 5.41) is 5.60. The zero-order valence-corrected chi connectivity index (χ0v) is 22.1. The Morgan fingerprint density at radius 3 is 2.58 bits per heavy atom. The van der Waals surface area contributed by atoms with E-state index in [1.165, 1.54) is 24.5 Å². The van der Waals surface area contributed by atoms with Crippen LogP contribution < -0.4 is 10.6 Å². The number of nitrogens with one attached hydrogen (secondary N) is 2. The first-order valence-electron chi connectivity index (χ1n) is 12.7. The Morgan fingerprint density at radius 1 is 1.19 bits per heavy atom. The van der Waals surface area contributed by atoms with E-state index in [2.05, 4.69) is 29.4 Å². The van der Waals surface area contributed by atoms with Crippen LogP contribution in [0.1, 0.15) is 57.9 Å². The van der Waals surface area contributed by atoms with E-state index in [1.54, 1.807) is 12.1 Å². The summed E-state index contributed by atoms with van der Waals surface area (Å²) in [6, 6.07) is 5.37. The third-order valence-corrected chi connectivity index (χ3v) is 9.57. The van der Waals surface area contributed by atoms with Gasteiger partial charge in [-0.25, -0.2) is 12.8 Å². The molecular formula is C26H37FN4O4S. The van der Waals surface area contributed by atoms with Crippen molar-refractivity contribution < 1.29 is 22.4 Å². The summed E-state index contributed by atoms with van der Waals surface area (Å²) in [7, 11) is -4.02. The Labute approximate surface area is 213 Å². The predicted octanol–water partition coefficient (Wildman–Crippen LogP) is 2.84. The molecule has 0 aromatic heterocycles. The van der Waals surface area contributed by atoms with Crippen LogP contribution >= 0.6 is 0 Å². The molecule has 1 aliphatic carbocycles. The van der Waals surface area contributed by atoms with E-state index in [-0.39, 0.29) is 34.7 Å². The average molecular weight is 521 g/mol. The number of sulfonamides is 1. The number of hydrogen-bond donors (Lipinski definition) is 2. The van der Waals surface area contributed by atoms with Gasteiger partial charge >= 0.3 is 0 Å². The number of nitrogens with zero attached hydrogens (tertiary/aromatic N) is 2. The molecule has 2 N–H and O–H groups in total. The Hall–Kier alpha value is -2.46. The molecule has 4 rings (SSSR count). The van der Waals surface area contributed by atoms with Gasteiger partial charge in [-0.1, -0.05) is 31.5 Å². The van der Waals surface area contributed by atoms with Gasteiger partial charge in [0.1, 0.15) is 12.2 Å². The van der Waals surface area contributed by atoms with Crippen molar-refractivity contribution in [3.63, 3.8) is 0 Å². The minimum Gasteiger partial charge on any atom is -0.353 e. The van der Waals surface area contributed by atoms with E-state index in [1.807, 2.05) is 6.92 Å². The number of piperidine rings is 1. The first-order valence-corrected chi connectivity index (χ1v) is 14.2. The van der Waals surface area contributed by atoms with Gasteiger partial charge in [-0.2, -0.15) is 0 Å². The van der Waals surface area contributed by atoms with Crippen molar-refractivity contribution in [3.05, 3.63) is 42.2 Å². The van der Waals surface area contributed by atoms with Gasteiger partial charge in [0.2, 0.25) is 11.8 Å². The van der Waals surface area contributed by atoms with Crippen molar-refractivity contribution in [1.82, 2.24) is 19.8 Å². The summed E-state index contributed by atoms with van der Waals surface area (Å²) < 4.78 is 41.5. The van der Waals surface area contributed by atoms with Gasteiger partial charge in [0, 0.05) is 31.0 Å². The fourth-order valence-corrected chi connectivity index (χ4v) is 7.11. The van der Waals surface area contributed by atoms with Crippen molar-refractivity contribution in [2.24, 2.45) is 5.41 Å². The first-order chi connectivity index (χ1) is 17.0. The van der Waals surface area contributed by atoms with Crippen LogP contribution in [-0.4, -0.2) is 66.8 Å². The van der Waals surface area contributed by atoms with Gasteiger partial charge in [-0.05, 0) is 63.1 Å². The molecule has 4 atom stereocenters. The SMILES string of the molecule is Cc1ccc(S(=O)(=O)N2C=CNC(=O)[C@H]2CC(=O)N[C@@H]2CCC(N3CCCC(F)C3)CC2(C)C)cc1. The highest BCUT2D eigenvalue weighted by Gasteiger charge is 2.42. The standard InChI is InChI=1S/C26H37FN4O4S/c1-18-6-9-21(10-7-18)36(34,35)31-14-12-28-25(33)22(31)15-24(32)29-23-11-8-20(16-26(23,2)3)30-13-4-5-19(27)17-30/h6-7,9-10,12,14,19-20,22-23H,4-5,8,11,13,15-17H2,1-3H3,(H,28,33)(H,29,32)/t19?,20?,22-,23-/m1/s1. The number of carbonyl (C=O) groups is 2. The van der Waals surface area contributed by atoms with E-state index in [0.717, 1.165) is 42.1 Å². The maximum atomic E-state index is 13.9. The lowest BCUT2D eigenvalue weighted by molar-refractivity contribution is -0.130. The second-order valence-electron chi connectivity index (χ2n) is 11.0. The number of alkyl halides is 1. The minimum atomic E-state index is -4.02. The Bertz CT molecular complexity index is 1110. The van der Waals surface area contributed by atoms with Crippen molar-refractivity contribution in [1.29, 1.82) is 0 Å². The quantitative estimate of drug-likeness (QED) is 0.601. The van der Waals surface area contributed by atoms with Crippen molar-refractivity contribution in [2.45, 2.75) is 88.5 Å². The van der Waals surface area contributed by atoms with Crippen molar-refractivity contribution in [3.8, 4) is 0 Å². The van der Waals surface area contributed by atoms with Gasteiger partial charge in [0.25, 0.3) is 10.0 Å². The van der Waals surface area contributed by atoms with Gasteiger partial charge in [-0.3, -0.25) is 18.8 Å². The van der Waals surface area contributed by atoms with Crippen LogP contribution in [0.5, 0.6) is 0 Å². The maximum Gasteiger partial charge on any atom is 0.264 e. The molecule has 0 radical (unpaired) electrons. The molecule has 10 heteroatoms. The molecule has 1 saturated carbocycles. The Morgan fingerprint density at radius 2 is 1.92 bits per heavy atom. The molecule has 36 heavy (non-hydrogen) atoms. The number of amides is 2. The predicted molar refractivity (Wildman–Crippen MR) is 135 cm³/mol. The van der Waals surface area contributed by atoms with Crippen LogP contribution in [0.3, 0.4) is 0 Å². The van der Waals surface area contributed by atoms with Crippen molar-refractivity contribution >= 4 is 21.8 Å². The smallest absolute Gasteiger partial charge is 0.264 e. The van der Waals surface area contributed by atoms with E-state index >= 15 is 0 Å². The number of aryl methyl sites for hydroxylation is 1. The molecule has 3 aliphatic rings. The number of rotatable bonds is 6. The Balaban J connectivity index is 1.42. The lowest BCUT2D eigenvalue weighted by atomic mass is 9.70. The summed E-state index contributed by atoms with van der Waals surface area (Å²) in [5.41, 5.74) is 0.698. The Kier molecular flexibility index (Phi) is 7.75. The lowest BCUT2D eigenvalue weighted by Gasteiger charge is -2.47. The number of hydrogen-bond acceptors (Lipinski definition) is 5. The highest BCUT2D eigenvalue weighted by Crippen LogP contribution is 2.39. The largest absolute Gasteiger partial charge is 0.353 e. The molecule has 1 aromatic rings. The second-order valence-corrected chi connectivity index (χ2v) is 12.8. The highest BCUT2D eigenvalue weighted by atomic mass is 32.2. The number of likely N-dealkylation sites (tertiary alicyclic amines) is 1. The molecule has 8 nitrogen and oxygen atoms in total. The van der Waals surface area contributed by atoms with Crippen LogP contribution in [0, 0.1) is 12.3 Å². The number of carbonyl (C=O) groups excluding carboxylic acids is 2. The maximum absolute atomic E-state index is 13.9. The lowest BCUT2D eigenvalue weighted by Crippen LogP contribution is -2.56. The summed E-state index contributed by atoms with van der Waals surface area (Å²) in [5.74, 6) is -0.912. The average Bonchev–Trinajstić information content (AvgIpc) is 2.81. The zero-order valence-electron chi connectivity index (χ0n) is 21.2. The molecular weight excluding hydrogens is 483 g/mol. The molecule has 0 bridgehead atoms. The topological polar surface area (TPSA) is 98.8 Å². The van der Waals surface area contributed by atoms with E-state index < -0.39 is 28.1 Å². The molecule has 1 saturated heterocycles. The first kappa shape index (κ1) is 26.6. The van der Waals surface area contributed by atoms with E-state index in [9.17, 15) is 22.4 Å². The highest BCUT2D eigenvalue weighted by molar-refractivity contribution is 7.89. The van der Waals surface area contributed by atoms with Crippen LogP contribution in [0.15, 0.2) is 41.6 Å². The van der Waals surface area contributed by atoms with Gasteiger partial charge in [-0.15, -0.1) is 0 Å². The van der Waals surface area contributed by atoms with E-state index in [4.69, 9.17) is 0 Å². The van der Waals surface area contributed by atoms with Gasteiger partial charge < -0.3 is 10.6 Å². The van der Waals surface area contributed by atoms with Crippen LogP contribution in [0.4, 0.5) is 4.39 Å². The molecule has 2 amide bonds. The molecule has 2 aliphatic heterocycles. The van der Waals surface area contributed by atoms with E-state index in [0.29, 0.717) is 13.0 Å². The number of halogens is 1. The summed E-state index contributed by atoms with van der Waals surface area (Å²) in [6.07, 6.45) is 5.47.